The molecule has 0 spiro atoms. The Bertz CT molecular complexity index is 3800. The Morgan fingerprint density at radius 3 is 1.25 bits per heavy atom. The Balaban J connectivity index is 1.36. The highest BCUT2D eigenvalue weighted by Gasteiger charge is 2.26. The van der Waals surface area contributed by atoms with Gasteiger partial charge in [0.05, 0.1) is 20.2 Å². The Hall–Kier alpha value is -7.34. The van der Waals surface area contributed by atoms with Crippen molar-refractivity contribution in [3.8, 4) is 56.7 Å². The van der Waals surface area contributed by atoms with E-state index < -0.39 is 51.0 Å². The fourth-order valence-electron chi connectivity index (χ4n) is 7.20. The van der Waals surface area contributed by atoms with Crippen LogP contribution in [0.25, 0.3) is 101 Å². The van der Waals surface area contributed by atoms with Crippen LogP contribution in [0.4, 0.5) is 0 Å². The molecule has 8 bridgehead atoms. The van der Waals surface area contributed by atoms with E-state index in [0.29, 0.717) is 27.5 Å². The number of aromatic nitrogens is 8. The van der Waals surface area contributed by atoms with Gasteiger partial charge in [-0.05, 0) is 90.0 Å². The summed E-state index contributed by atoms with van der Waals surface area (Å²) in [5.74, 6) is -1.20. The zero-order valence-corrected chi connectivity index (χ0v) is 32.7. The molecule has 2 aliphatic rings. The van der Waals surface area contributed by atoms with Crippen LogP contribution in [-0.4, -0.2) is 89.9 Å². The quantitative estimate of drug-likeness (QED) is 0.108. The van der Waals surface area contributed by atoms with Crippen molar-refractivity contribution in [2.24, 2.45) is 0 Å². The topological polar surface area (TPSA) is 309 Å². The van der Waals surface area contributed by atoms with Gasteiger partial charge in [-0.15, -0.1) is 0 Å². The number of aromatic amines is 2. The first-order chi connectivity index (χ1) is 28.9. The van der Waals surface area contributed by atoms with Crippen LogP contribution in [0.15, 0.2) is 112 Å². The predicted octanol–water partition coefficient (Wildman–Crippen LogP) is 5.97. The molecule has 2 aliphatic heterocycles. The molecule has 0 radical (unpaired) electrons. The van der Waals surface area contributed by atoms with Gasteiger partial charge in [0.15, 0.2) is 23.3 Å². The number of carboxylic acids is 1. The van der Waals surface area contributed by atoms with Crippen molar-refractivity contribution in [3.63, 3.8) is 0 Å². The molecule has 5 aromatic carbocycles. The van der Waals surface area contributed by atoms with Gasteiger partial charge in [-0.2, -0.15) is 25.3 Å². The fourth-order valence-corrected chi connectivity index (χ4v) is 8.72. The van der Waals surface area contributed by atoms with Crippen molar-refractivity contribution in [2.45, 2.75) is 14.7 Å². The Morgan fingerprint density at radius 2 is 0.787 bits per heavy atom. The summed E-state index contributed by atoms with van der Waals surface area (Å²) >= 11 is 0. The number of benzene rings is 5. The molecule has 19 nitrogen and oxygen atoms in total. The molecule has 0 aliphatic carbocycles. The average Bonchev–Trinajstić information content (AvgIpc) is 3.94. The Morgan fingerprint density at radius 1 is 0.410 bits per heavy atom. The van der Waals surface area contributed by atoms with Crippen molar-refractivity contribution >= 4 is 80.5 Å². The number of rotatable bonds is 5. The summed E-state index contributed by atoms with van der Waals surface area (Å²) in [6, 6.07) is 22.5. The van der Waals surface area contributed by atoms with E-state index >= 15 is 0 Å². The van der Waals surface area contributed by atoms with Crippen LogP contribution in [-0.2, 0) is 30.4 Å². The lowest BCUT2D eigenvalue weighted by Gasteiger charge is -2.03. The van der Waals surface area contributed by atoms with Crippen LogP contribution in [0.3, 0.4) is 0 Å². The van der Waals surface area contributed by atoms with Gasteiger partial charge in [0.1, 0.15) is 22.6 Å². The molecule has 22 heteroatoms. The summed E-state index contributed by atoms with van der Waals surface area (Å²) in [6.07, 6.45) is 0. The van der Waals surface area contributed by atoms with Crippen LogP contribution in [0.1, 0.15) is 10.4 Å². The van der Waals surface area contributed by atoms with Crippen LogP contribution >= 0.6 is 0 Å². The van der Waals surface area contributed by atoms with Crippen molar-refractivity contribution in [1.29, 1.82) is 0 Å². The number of fused-ring (bicyclic) bond motifs is 20. The molecule has 0 atom stereocenters. The zero-order chi connectivity index (χ0) is 42.7. The predicted molar refractivity (Wildman–Crippen MR) is 218 cm³/mol. The molecule has 8 aromatic rings. The van der Waals surface area contributed by atoms with E-state index in [1.54, 1.807) is 30.3 Å². The molecule has 3 aromatic heterocycles. The molecule has 0 saturated carbocycles. The lowest BCUT2D eigenvalue weighted by atomic mass is 10.0. The van der Waals surface area contributed by atoms with E-state index in [0.717, 1.165) is 18.2 Å². The lowest BCUT2D eigenvalue weighted by Crippen LogP contribution is -1.98. The van der Waals surface area contributed by atoms with Gasteiger partial charge in [0.2, 0.25) is 0 Å². The van der Waals surface area contributed by atoms with E-state index in [1.165, 1.54) is 48.5 Å². The largest absolute Gasteiger partial charge is 0.478 e. The molecule has 61 heavy (non-hydrogen) atoms. The van der Waals surface area contributed by atoms with Gasteiger partial charge < -0.3 is 15.1 Å². The standard InChI is InChI=1S/C39H22N8O11S3/c48-39(49)18-3-1-17(2-4-18)19-5-9-23-27(13-19)35-40-31(23)42-36-29-15-21(60(53,54)55)7-11-25(29)33(44-36)46-38-30-16-22(61(56,57)58)8-12-26(30)34(47-38)45-37-28-14-20(59(50,51)52)6-10-24(28)32(41-35)43-37/h1-16H,(H,48,49)(H,50,51,52)(H,53,54,55)(H,56,57,58)(H2,40,41,42,43,44,45,46,47). The molecule has 6 N–H and O–H groups in total. The highest BCUT2D eigenvalue weighted by atomic mass is 32.2. The van der Waals surface area contributed by atoms with Gasteiger partial charge in [-0.3, -0.25) is 13.7 Å². The number of carbonyl (C=O) groups is 1. The third-order valence-electron chi connectivity index (χ3n) is 10.1. The van der Waals surface area contributed by atoms with Gasteiger partial charge in [0.25, 0.3) is 30.4 Å². The summed E-state index contributed by atoms with van der Waals surface area (Å²) in [6.45, 7) is 0. The van der Waals surface area contributed by atoms with Crippen LogP contribution in [0, 0.1) is 0 Å². The summed E-state index contributed by atoms with van der Waals surface area (Å²) in [5, 5.41) is 10.8. The monoisotopic (exact) mass is 874 g/mol. The normalized spacial score (nSPS) is 12.7. The number of H-pyrrole nitrogens is 2. The van der Waals surface area contributed by atoms with E-state index in [9.17, 15) is 48.8 Å². The minimum atomic E-state index is -4.72. The number of hydrogen-bond acceptors (Lipinski definition) is 13. The molecule has 10 rings (SSSR count). The second kappa shape index (κ2) is 13.1. The first-order valence-electron chi connectivity index (χ1n) is 17.5. The Labute approximate surface area is 341 Å². The molecule has 0 saturated heterocycles. The average molecular weight is 875 g/mol. The molecule has 5 heterocycles. The van der Waals surface area contributed by atoms with E-state index in [2.05, 4.69) is 19.9 Å². The van der Waals surface area contributed by atoms with Crippen molar-refractivity contribution in [3.05, 3.63) is 103 Å². The minimum Gasteiger partial charge on any atom is -0.478 e. The first kappa shape index (κ1) is 37.9. The van der Waals surface area contributed by atoms with Crippen molar-refractivity contribution in [1.82, 2.24) is 39.9 Å². The lowest BCUT2D eigenvalue weighted by molar-refractivity contribution is 0.0696. The van der Waals surface area contributed by atoms with Crippen LogP contribution < -0.4 is 0 Å². The molecule has 0 unspecified atom stereocenters. The van der Waals surface area contributed by atoms with E-state index in [-0.39, 0.29) is 78.9 Å². The molecule has 302 valence electrons. The Kier molecular flexibility index (Phi) is 8.13. The van der Waals surface area contributed by atoms with Gasteiger partial charge >= 0.3 is 5.97 Å². The molecule has 0 fully saturated rings. The minimum absolute atomic E-state index is 0.0212. The summed E-state index contributed by atoms with van der Waals surface area (Å²) in [4.78, 5) is 44.8. The van der Waals surface area contributed by atoms with Crippen LogP contribution in [0.2, 0.25) is 0 Å². The molecular formula is C39H22N8O11S3. The smallest absolute Gasteiger partial charge is 0.335 e. The summed E-state index contributed by atoms with van der Waals surface area (Å²) in [5.41, 5.74) is 2.68. The summed E-state index contributed by atoms with van der Waals surface area (Å²) in [7, 11) is -14.1. The zero-order valence-electron chi connectivity index (χ0n) is 30.3. The maximum atomic E-state index is 12.3. The maximum Gasteiger partial charge on any atom is 0.335 e. The van der Waals surface area contributed by atoms with Crippen LogP contribution in [0.5, 0.6) is 0 Å². The molecule has 0 amide bonds. The fraction of sp³-hybridized carbons (Fsp3) is 0. The van der Waals surface area contributed by atoms with Gasteiger partial charge in [0, 0.05) is 43.8 Å². The maximum absolute atomic E-state index is 12.3. The van der Waals surface area contributed by atoms with E-state index in [1.807, 2.05) is 0 Å². The van der Waals surface area contributed by atoms with Gasteiger partial charge in [-0.25, -0.2) is 34.7 Å². The number of nitrogens with one attached hydrogen (secondary N) is 2. The first-order valence-corrected chi connectivity index (χ1v) is 21.9. The second-order valence-corrected chi connectivity index (χ2v) is 18.1. The van der Waals surface area contributed by atoms with Crippen molar-refractivity contribution in [2.75, 3.05) is 0 Å². The molecular weight excluding hydrogens is 853 g/mol. The van der Waals surface area contributed by atoms with Gasteiger partial charge in [-0.1, -0.05) is 18.2 Å². The number of carboxylic acid groups (broad SMARTS) is 1. The summed E-state index contributed by atoms with van der Waals surface area (Å²) < 4.78 is 104. The SMILES string of the molecule is O=C(O)c1ccc(-c2ccc3c4nc5nc(nc6[nH]c(nc7nc(nc([nH]4)c3c2)-c2ccc(S(=O)(=O)O)cc2-7)c2ccc(S(=O)(=O)O)cc62)-c2ccc(S(=O)(=O)O)cc2-5)cc1. The third kappa shape index (κ3) is 6.46. The highest BCUT2D eigenvalue weighted by molar-refractivity contribution is 7.86. The second-order valence-electron chi connectivity index (χ2n) is 13.8. The highest BCUT2D eigenvalue weighted by Crippen LogP contribution is 2.39. The number of nitrogens with zero attached hydrogens (tertiary/aromatic N) is 6. The number of hydrogen-bond donors (Lipinski definition) is 6. The third-order valence-corrected chi connectivity index (χ3v) is 12.7. The van der Waals surface area contributed by atoms with Crippen molar-refractivity contribution < 1.29 is 48.8 Å². The number of aromatic carboxylic acids is 1. The van der Waals surface area contributed by atoms with E-state index in [4.69, 9.17) is 19.9 Å².